The highest BCUT2D eigenvalue weighted by molar-refractivity contribution is 5.67. The Kier molecular flexibility index (Phi) is 2.53. The number of aryl methyl sites for hydroxylation is 1. The molecule has 73 valence electrons. The predicted molar refractivity (Wildman–Crippen MR) is 54.0 cm³/mol. The minimum atomic E-state index is -0.707. The van der Waals surface area contributed by atoms with Gasteiger partial charge in [-0.05, 0) is 30.4 Å². The zero-order chi connectivity index (χ0) is 9.97. The fraction of sp³-hybridized carbons (Fsp3) is 0.333. The van der Waals surface area contributed by atoms with E-state index in [2.05, 4.69) is 12.1 Å². The van der Waals surface area contributed by atoms with Crippen molar-refractivity contribution in [2.75, 3.05) is 0 Å². The van der Waals surface area contributed by atoms with Crippen molar-refractivity contribution in [1.29, 1.82) is 0 Å². The monoisotopic (exact) mass is 189 g/mol. The van der Waals surface area contributed by atoms with Gasteiger partial charge in [-0.25, -0.2) is 0 Å². The van der Waals surface area contributed by atoms with Crippen molar-refractivity contribution in [3.05, 3.63) is 41.3 Å². The van der Waals surface area contributed by atoms with Gasteiger partial charge < -0.3 is 5.11 Å². The molecule has 0 fully saturated rings. The Balaban J connectivity index is 2.07. The molecule has 0 amide bonds. The van der Waals surface area contributed by atoms with Crippen LogP contribution >= 0.6 is 0 Å². The van der Waals surface area contributed by atoms with E-state index in [1.165, 1.54) is 17.0 Å². The van der Waals surface area contributed by atoms with Crippen LogP contribution in [-0.4, -0.2) is 11.1 Å². The van der Waals surface area contributed by atoms with Crippen molar-refractivity contribution in [2.24, 2.45) is 0 Å². The number of hydrogen-bond donors (Lipinski definition) is 1. The molecule has 1 aliphatic rings. The lowest BCUT2D eigenvalue weighted by atomic mass is 9.96. The molecule has 0 spiro atoms. The van der Waals surface area contributed by atoms with Gasteiger partial charge >= 0.3 is 5.97 Å². The summed E-state index contributed by atoms with van der Waals surface area (Å²) >= 11 is 0. The summed E-state index contributed by atoms with van der Waals surface area (Å²) < 4.78 is 0. The van der Waals surface area contributed by atoms with Crippen molar-refractivity contribution < 1.29 is 9.90 Å². The summed E-state index contributed by atoms with van der Waals surface area (Å²) in [4.78, 5) is 10.5. The lowest BCUT2D eigenvalue weighted by molar-refractivity contribution is -0.137. The average molecular weight is 189 g/mol. The molecule has 0 bridgehead atoms. The zero-order valence-corrected chi connectivity index (χ0v) is 7.99. The Hall–Kier alpha value is -1.31. The van der Waals surface area contributed by atoms with E-state index < -0.39 is 5.97 Å². The Bertz CT molecular complexity index is 344. The largest absolute Gasteiger partial charge is 0.481 e. The molecular formula is C12H13O2. The molecule has 0 atom stereocenters. The molecule has 14 heavy (non-hydrogen) atoms. The van der Waals surface area contributed by atoms with Gasteiger partial charge in [0.2, 0.25) is 0 Å². The normalized spacial score (nSPS) is 15.4. The third kappa shape index (κ3) is 1.79. The smallest absolute Gasteiger partial charge is 0.303 e. The number of carboxylic acid groups (broad SMARTS) is 1. The summed E-state index contributed by atoms with van der Waals surface area (Å²) in [5, 5.41) is 8.61. The van der Waals surface area contributed by atoms with Crippen LogP contribution in [0.2, 0.25) is 0 Å². The summed E-state index contributed by atoms with van der Waals surface area (Å²) in [6.45, 7) is 0. The maximum absolute atomic E-state index is 10.5. The van der Waals surface area contributed by atoms with Crippen LogP contribution in [0.3, 0.4) is 0 Å². The molecule has 0 saturated heterocycles. The van der Waals surface area contributed by atoms with Gasteiger partial charge in [-0.15, -0.1) is 0 Å². The minimum absolute atomic E-state index is 0.254. The van der Waals surface area contributed by atoms with E-state index in [-0.39, 0.29) is 6.42 Å². The topological polar surface area (TPSA) is 37.3 Å². The van der Waals surface area contributed by atoms with Crippen molar-refractivity contribution in [3.8, 4) is 0 Å². The standard InChI is InChI=1S/C12H13O2/c13-12(14)8-7-10-6-5-9-3-1-2-4-11(9)10/h1-4H,5-8H2,(H,13,14). The van der Waals surface area contributed by atoms with Crippen LogP contribution in [0.4, 0.5) is 0 Å². The predicted octanol–water partition coefficient (Wildman–Crippen LogP) is 2.42. The van der Waals surface area contributed by atoms with Crippen molar-refractivity contribution >= 4 is 5.97 Å². The maximum Gasteiger partial charge on any atom is 0.303 e. The van der Waals surface area contributed by atoms with E-state index in [0.29, 0.717) is 6.42 Å². The van der Waals surface area contributed by atoms with Gasteiger partial charge in [-0.1, -0.05) is 24.3 Å². The Morgan fingerprint density at radius 2 is 2.07 bits per heavy atom. The summed E-state index contributed by atoms with van der Waals surface area (Å²) in [5.74, 6) is 0.602. The van der Waals surface area contributed by atoms with Crippen molar-refractivity contribution in [1.82, 2.24) is 0 Å². The minimum Gasteiger partial charge on any atom is -0.481 e. The highest BCUT2D eigenvalue weighted by atomic mass is 16.4. The second-order valence-electron chi connectivity index (χ2n) is 3.65. The quantitative estimate of drug-likeness (QED) is 0.792. The molecular weight excluding hydrogens is 176 g/mol. The summed E-state index contributed by atoms with van der Waals surface area (Å²) in [5.41, 5.74) is 2.65. The van der Waals surface area contributed by atoms with Gasteiger partial charge in [0.15, 0.2) is 0 Å². The van der Waals surface area contributed by atoms with E-state index in [1.807, 2.05) is 12.1 Å². The first-order valence-electron chi connectivity index (χ1n) is 4.92. The lowest BCUT2D eigenvalue weighted by Gasteiger charge is -2.08. The average Bonchev–Trinajstić information content (AvgIpc) is 2.58. The van der Waals surface area contributed by atoms with Crippen LogP contribution in [0.1, 0.15) is 30.4 Å². The molecule has 2 rings (SSSR count). The first-order chi connectivity index (χ1) is 6.77. The van der Waals surface area contributed by atoms with Crippen LogP contribution in [0.25, 0.3) is 0 Å². The van der Waals surface area contributed by atoms with Crippen LogP contribution < -0.4 is 0 Å². The third-order valence-electron chi connectivity index (χ3n) is 2.74. The number of carboxylic acids is 1. The number of carbonyl (C=O) groups is 1. The molecule has 0 aliphatic heterocycles. The molecule has 1 radical (unpaired) electrons. The third-order valence-corrected chi connectivity index (χ3v) is 2.74. The second kappa shape index (κ2) is 3.82. The van der Waals surface area contributed by atoms with Gasteiger partial charge in [-0.3, -0.25) is 4.79 Å². The summed E-state index contributed by atoms with van der Waals surface area (Å²) in [6, 6.07) is 8.28. The van der Waals surface area contributed by atoms with Gasteiger partial charge in [0.05, 0.1) is 0 Å². The number of rotatable bonds is 3. The summed E-state index contributed by atoms with van der Waals surface area (Å²) in [6.07, 6.45) is 3.06. The second-order valence-corrected chi connectivity index (χ2v) is 3.65. The van der Waals surface area contributed by atoms with Crippen molar-refractivity contribution in [3.63, 3.8) is 0 Å². The molecule has 1 N–H and O–H groups in total. The van der Waals surface area contributed by atoms with Gasteiger partial charge in [0, 0.05) is 12.3 Å². The molecule has 1 aromatic carbocycles. The first-order valence-corrected chi connectivity index (χ1v) is 4.92. The molecule has 0 heterocycles. The zero-order valence-electron chi connectivity index (χ0n) is 7.99. The van der Waals surface area contributed by atoms with Crippen LogP contribution in [0.5, 0.6) is 0 Å². The number of fused-ring (bicyclic) bond motifs is 1. The molecule has 0 saturated carbocycles. The van der Waals surface area contributed by atoms with E-state index in [1.54, 1.807) is 0 Å². The van der Waals surface area contributed by atoms with Gasteiger partial charge in [0.1, 0.15) is 0 Å². The maximum atomic E-state index is 10.5. The number of aliphatic carboxylic acids is 1. The van der Waals surface area contributed by atoms with Crippen LogP contribution in [-0.2, 0) is 11.2 Å². The number of hydrogen-bond acceptors (Lipinski definition) is 1. The molecule has 2 heteroatoms. The molecule has 1 aliphatic carbocycles. The van der Waals surface area contributed by atoms with E-state index in [0.717, 1.165) is 12.8 Å². The van der Waals surface area contributed by atoms with E-state index >= 15 is 0 Å². The van der Waals surface area contributed by atoms with Gasteiger partial charge in [0.25, 0.3) is 0 Å². The SMILES string of the molecule is O=C(O)CC[C]1CCc2ccccc21. The fourth-order valence-electron chi connectivity index (χ4n) is 2.02. The van der Waals surface area contributed by atoms with Crippen LogP contribution in [0, 0.1) is 5.92 Å². The fourth-order valence-corrected chi connectivity index (χ4v) is 2.02. The van der Waals surface area contributed by atoms with E-state index in [4.69, 9.17) is 5.11 Å². The lowest BCUT2D eigenvalue weighted by Crippen LogP contribution is -2.00. The molecule has 2 nitrogen and oxygen atoms in total. The highest BCUT2D eigenvalue weighted by Gasteiger charge is 2.22. The summed E-state index contributed by atoms with van der Waals surface area (Å²) in [7, 11) is 0. The first kappa shape index (κ1) is 9.25. The van der Waals surface area contributed by atoms with Crippen LogP contribution in [0.15, 0.2) is 24.3 Å². The molecule has 0 aromatic heterocycles. The molecule has 1 aromatic rings. The molecule has 0 unspecified atom stereocenters. The van der Waals surface area contributed by atoms with Crippen molar-refractivity contribution in [2.45, 2.75) is 25.7 Å². The highest BCUT2D eigenvalue weighted by Crippen LogP contribution is 2.34. The Labute approximate surface area is 83.6 Å². The van der Waals surface area contributed by atoms with E-state index in [9.17, 15) is 4.79 Å². The Morgan fingerprint density at radius 1 is 1.29 bits per heavy atom. The number of benzene rings is 1. The van der Waals surface area contributed by atoms with Gasteiger partial charge in [-0.2, -0.15) is 0 Å². The Morgan fingerprint density at radius 3 is 2.86 bits per heavy atom.